The van der Waals surface area contributed by atoms with E-state index in [4.69, 9.17) is 0 Å². The average molecular weight is 296 g/mol. The molecule has 1 aromatic rings. The van der Waals surface area contributed by atoms with Gasteiger partial charge in [0.25, 0.3) is 0 Å². The third kappa shape index (κ3) is 3.17. The van der Waals surface area contributed by atoms with Gasteiger partial charge in [0.2, 0.25) is 5.91 Å². The smallest absolute Gasteiger partial charge is 0.235 e. The molecule has 1 N–H and O–H groups in total. The van der Waals surface area contributed by atoms with Gasteiger partial charge in [0.1, 0.15) is 5.82 Å². The number of aromatic amines is 1. The van der Waals surface area contributed by atoms with Crippen molar-refractivity contribution >= 4 is 17.7 Å². The van der Waals surface area contributed by atoms with E-state index in [9.17, 15) is 4.79 Å². The summed E-state index contributed by atoms with van der Waals surface area (Å²) >= 11 is 1.65. The first-order valence-electron chi connectivity index (χ1n) is 7.26. The number of rotatable bonds is 5. The zero-order valence-electron chi connectivity index (χ0n) is 12.5. The van der Waals surface area contributed by atoms with Crippen molar-refractivity contribution in [3.63, 3.8) is 0 Å². The molecule has 0 bridgehead atoms. The Hall–Kier alpha value is -1.01. The standard InChI is InChI=1S/C14H24N4OS/c1-4-12(20-3)14(19)18-9-8-17(5-2)11(10-18)13-15-6-7-16-13/h6-7,11-12H,4-5,8-10H2,1-3H3,(H,15,16)/t11-,12-/m0/s1. The van der Waals surface area contributed by atoms with E-state index in [0.717, 1.165) is 38.4 Å². The van der Waals surface area contributed by atoms with Gasteiger partial charge < -0.3 is 9.88 Å². The van der Waals surface area contributed by atoms with Crippen LogP contribution < -0.4 is 0 Å². The summed E-state index contributed by atoms with van der Waals surface area (Å²) in [6, 6.07) is 0.187. The van der Waals surface area contributed by atoms with Crippen LogP contribution in [0.25, 0.3) is 0 Å². The zero-order chi connectivity index (χ0) is 14.5. The normalized spacial score (nSPS) is 21.9. The molecule has 1 saturated heterocycles. The van der Waals surface area contributed by atoms with E-state index >= 15 is 0 Å². The van der Waals surface area contributed by atoms with Crippen LogP contribution in [-0.4, -0.2) is 63.4 Å². The zero-order valence-corrected chi connectivity index (χ0v) is 13.3. The minimum Gasteiger partial charge on any atom is -0.347 e. The van der Waals surface area contributed by atoms with Crippen molar-refractivity contribution in [1.29, 1.82) is 0 Å². The van der Waals surface area contributed by atoms with E-state index < -0.39 is 0 Å². The highest BCUT2D eigenvalue weighted by molar-refractivity contribution is 7.99. The molecule has 1 aliphatic heterocycles. The Morgan fingerprint density at radius 2 is 2.35 bits per heavy atom. The van der Waals surface area contributed by atoms with E-state index in [-0.39, 0.29) is 17.2 Å². The fourth-order valence-corrected chi connectivity index (χ4v) is 3.45. The molecule has 0 spiro atoms. The quantitative estimate of drug-likeness (QED) is 0.899. The number of hydrogen-bond donors (Lipinski definition) is 1. The van der Waals surface area contributed by atoms with E-state index in [1.54, 1.807) is 18.0 Å². The lowest BCUT2D eigenvalue weighted by Crippen LogP contribution is -2.52. The molecule has 2 atom stereocenters. The van der Waals surface area contributed by atoms with Crippen molar-refractivity contribution in [2.24, 2.45) is 0 Å². The highest BCUT2D eigenvalue weighted by Crippen LogP contribution is 2.24. The fraction of sp³-hybridized carbons (Fsp3) is 0.714. The second-order valence-corrected chi connectivity index (χ2v) is 6.08. The lowest BCUT2D eigenvalue weighted by molar-refractivity contribution is -0.133. The predicted molar refractivity (Wildman–Crippen MR) is 82.7 cm³/mol. The van der Waals surface area contributed by atoms with E-state index in [1.165, 1.54) is 0 Å². The van der Waals surface area contributed by atoms with Gasteiger partial charge in [-0.1, -0.05) is 13.8 Å². The maximum atomic E-state index is 12.5. The largest absolute Gasteiger partial charge is 0.347 e. The van der Waals surface area contributed by atoms with Crippen LogP contribution in [0.3, 0.4) is 0 Å². The number of thioether (sulfide) groups is 1. The highest BCUT2D eigenvalue weighted by Gasteiger charge is 2.33. The lowest BCUT2D eigenvalue weighted by Gasteiger charge is -2.41. The summed E-state index contributed by atoms with van der Waals surface area (Å²) in [5.41, 5.74) is 0. The van der Waals surface area contributed by atoms with Crippen LogP contribution in [0.5, 0.6) is 0 Å². The van der Waals surface area contributed by atoms with Gasteiger partial charge in [0.05, 0.1) is 11.3 Å². The number of carbonyl (C=O) groups is 1. The maximum absolute atomic E-state index is 12.5. The molecule has 0 aliphatic carbocycles. The number of amides is 1. The molecule has 2 heterocycles. The van der Waals surface area contributed by atoms with E-state index in [2.05, 4.69) is 28.7 Å². The van der Waals surface area contributed by atoms with Gasteiger partial charge in [-0.15, -0.1) is 0 Å². The van der Waals surface area contributed by atoms with E-state index in [0.29, 0.717) is 0 Å². The van der Waals surface area contributed by atoms with Crippen LogP contribution in [0.4, 0.5) is 0 Å². The molecule has 0 unspecified atom stereocenters. The van der Waals surface area contributed by atoms with E-state index in [1.807, 2.05) is 17.4 Å². The third-order valence-corrected chi connectivity index (χ3v) is 5.08. The number of imidazole rings is 1. The molecule has 0 radical (unpaired) electrons. The number of H-pyrrole nitrogens is 1. The molecule has 1 amide bonds. The second kappa shape index (κ2) is 7.13. The molecule has 5 nitrogen and oxygen atoms in total. The molecule has 20 heavy (non-hydrogen) atoms. The van der Waals surface area contributed by atoms with Crippen molar-refractivity contribution < 1.29 is 4.79 Å². The van der Waals surface area contributed by atoms with Crippen LogP contribution in [0.2, 0.25) is 0 Å². The maximum Gasteiger partial charge on any atom is 0.235 e. The Balaban J connectivity index is 2.10. The predicted octanol–water partition coefficient (Wildman–Crippen LogP) is 1.76. The number of nitrogens with zero attached hydrogens (tertiary/aromatic N) is 3. The molecular formula is C14H24N4OS. The van der Waals surface area contributed by atoms with Gasteiger partial charge in [0, 0.05) is 32.0 Å². The van der Waals surface area contributed by atoms with Crippen LogP contribution in [0, 0.1) is 0 Å². The first-order valence-corrected chi connectivity index (χ1v) is 8.54. The molecule has 6 heteroatoms. The van der Waals surface area contributed by atoms with Crippen molar-refractivity contribution in [2.75, 3.05) is 32.4 Å². The molecule has 0 aromatic carbocycles. The number of carbonyl (C=O) groups excluding carboxylic acids is 1. The van der Waals surface area contributed by atoms with Crippen LogP contribution in [0.1, 0.15) is 32.1 Å². The van der Waals surface area contributed by atoms with Crippen molar-refractivity contribution in [2.45, 2.75) is 31.6 Å². The second-order valence-electron chi connectivity index (χ2n) is 5.04. The highest BCUT2D eigenvalue weighted by atomic mass is 32.2. The van der Waals surface area contributed by atoms with Crippen LogP contribution in [-0.2, 0) is 4.79 Å². The number of nitrogens with one attached hydrogen (secondary N) is 1. The van der Waals surface area contributed by atoms with Crippen molar-refractivity contribution in [3.05, 3.63) is 18.2 Å². The molecule has 112 valence electrons. The topological polar surface area (TPSA) is 52.2 Å². The Morgan fingerprint density at radius 1 is 1.55 bits per heavy atom. The van der Waals surface area contributed by atoms with Gasteiger partial charge in [-0.2, -0.15) is 11.8 Å². The number of piperazine rings is 1. The molecular weight excluding hydrogens is 272 g/mol. The Morgan fingerprint density at radius 3 is 2.90 bits per heavy atom. The van der Waals surface area contributed by atoms with Gasteiger partial charge in [0.15, 0.2) is 0 Å². The molecule has 0 saturated carbocycles. The fourth-order valence-electron chi connectivity index (χ4n) is 2.76. The summed E-state index contributed by atoms with van der Waals surface area (Å²) in [5.74, 6) is 1.23. The summed E-state index contributed by atoms with van der Waals surface area (Å²) in [4.78, 5) is 24.5. The van der Waals surface area contributed by atoms with Crippen LogP contribution >= 0.6 is 11.8 Å². The first kappa shape index (κ1) is 15.4. The summed E-state index contributed by atoms with van der Waals surface area (Å²) in [6.07, 6.45) is 6.53. The number of hydrogen-bond acceptors (Lipinski definition) is 4. The first-order chi connectivity index (χ1) is 9.71. The van der Waals surface area contributed by atoms with Gasteiger partial charge in [-0.3, -0.25) is 9.69 Å². The summed E-state index contributed by atoms with van der Waals surface area (Å²) in [6.45, 7) is 7.68. The van der Waals surface area contributed by atoms with Crippen molar-refractivity contribution in [1.82, 2.24) is 19.8 Å². The Labute approximate surface area is 125 Å². The minimum absolute atomic E-state index is 0.0837. The third-order valence-electron chi connectivity index (χ3n) is 3.97. The molecule has 1 aromatic heterocycles. The van der Waals surface area contributed by atoms with Crippen LogP contribution in [0.15, 0.2) is 12.4 Å². The molecule has 2 rings (SSSR count). The summed E-state index contributed by atoms with van der Waals surface area (Å²) in [7, 11) is 0. The monoisotopic (exact) mass is 296 g/mol. The summed E-state index contributed by atoms with van der Waals surface area (Å²) < 4.78 is 0. The lowest BCUT2D eigenvalue weighted by atomic mass is 10.1. The van der Waals surface area contributed by atoms with Crippen molar-refractivity contribution in [3.8, 4) is 0 Å². The Kier molecular flexibility index (Phi) is 5.48. The van der Waals surface area contributed by atoms with Gasteiger partial charge in [-0.05, 0) is 19.2 Å². The SMILES string of the molecule is CC[C@H](SC)C(=O)N1CCN(CC)[C@H](c2ncc[nH]2)C1. The summed E-state index contributed by atoms with van der Waals surface area (Å²) in [5, 5.41) is 0.0837. The van der Waals surface area contributed by atoms with Gasteiger partial charge in [-0.25, -0.2) is 4.98 Å². The minimum atomic E-state index is 0.0837. The number of aromatic nitrogens is 2. The average Bonchev–Trinajstić information content (AvgIpc) is 3.01. The molecule has 1 fully saturated rings. The number of likely N-dealkylation sites (N-methyl/N-ethyl adjacent to an activating group) is 1. The van der Waals surface area contributed by atoms with Gasteiger partial charge >= 0.3 is 0 Å². The Bertz CT molecular complexity index is 419. The molecule has 1 aliphatic rings.